The molecule has 2 atom stereocenters. The highest BCUT2D eigenvalue weighted by Gasteiger charge is 2.18. The fraction of sp³-hybridized carbons (Fsp3) is 0.550. The molecule has 0 aliphatic carbocycles. The van der Waals surface area contributed by atoms with Crippen molar-refractivity contribution in [3.05, 3.63) is 48.3 Å². The Labute approximate surface area is 150 Å². The number of nitrogens with one attached hydrogen (secondary N) is 1. The first-order valence-corrected chi connectivity index (χ1v) is 9.35. The lowest BCUT2D eigenvalue weighted by Gasteiger charge is -2.32. The van der Waals surface area contributed by atoms with Crippen LogP contribution in [0.2, 0.25) is 0 Å². The van der Waals surface area contributed by atoms with Gasteiger partial charge in [-0.2, -0.15) is 5.10 Å². The van der Waals surface area contributed by atoms with Gasteiger partial charge in [0.2, 0.25) is 0 Å². The van der Waals surface area contributed by atoms with Gasteiger partial charge in [0.25, 0.3) is 0 Å². The largest absolute Gasteiger partial charge is 0.390 e. The molecule has 1 saturated heterocycles. The van der Waals surface area contributed by atoms with Crippen LogP contribution in [0.3, 0.4) is 0 Å². The minimum atomic E-state index is -0.329. The van der Waals surface area contributed by atoms with Crippen LogP contribution in [0.15, 0.2) is 42.7 Å². The average Bonchev–Trinajstić information content (AvgIpc) is 3.16. The van der Waals surface area contributed by atoms with E-state index in [0.717, 1.165) is 31.2 Å². The first-order chi connectivity index (χ1) is 12.1. The predicted octanol–water partition coefficient (Wildman–Crippen LogP) is 2.62. The third kappa shape index (κ3) is 5.14. The zero-order valence-electron chi connectivity index (χ0n) is 15.3. The molecule has 1 fully saturated rings. The Bertz CT molecular complexity index is 635. The zero-order chi connectivity index (χ0) is 17.6. The molecule has 0 amide bonds. The summed E-state index contributed by atoms with van der Waals surface area (Å²) in [5, 5.41) is 18.1. The van der Waals surface area contributed by atoms with Crippen LogP contribution < -0.4 is 5.32 Å². The lowest BCUT2D eigenvalue weighted by Crippen LogP contribution is -2.42. The molecular formula is C20H30N4O. The smallest absolute Gasteiger partial charge is 0.0791 e. The van der Waals surface area contributed by atoms with Gasteiger partial charge in [0.15, 0.2) is 0 Å². The molecule has 1 aliphatic rings. The molecule has 2 aromatic rings. The number of aliphatic hydroxyl groups is 1. The molecule has 5 heteroatoms. The Hall–Kier alpha value is -1.69. The lowest BCUT2D eigenvalue weighted by atomic mass is 9.99. The van der Waals surface area contributed by atoms with Crippen LogP contribution in [-0.4, -0.2) is 52.1 Å². The standard InChI is InChI=1S/C20H30N4O/c1-16-7-11-23(12-8-16)15-20(25)14-21-17(2)18-5-3-6-19(13-18)24-10-4-9-22-24/h3-6,9-10,13,16-17,20-21,25H,7-8,11-12,14-15H2,1-2H3. The highest BCUT2D eigenvalue weighted by Crippen LogP contribution is 2.18. The quantitative estimate of drug-likeness (QED) is 0.812. The summed E-state index contributed by atoms with van der Waals surface area (Å²) in [6, 6.07) is 10.5. The van der Waals surface area contributed by atoms with E-state index in [1.807, 2.05) is 16.9 Å². The Balaban J connectivity index is 1.49. The number of β-amino-alcohol motifs (C(OH)–C–C–N with tert-alkyl or cyclic N) is 1. The summed E-state index contributed by atoms with van der Waals surface area (Å²) >= 11 is 0. The molecule has 25 heavy (non-hydrogen) atoms. The van der Waals surface area contributed by atoms with Gasteiger partial charge in [-0.1, -0.05) is 19.1 Å². The van der Waals surface area contributed by atoms with Crippen molar-refractivity contribution in [1.29, 1.82) is 0 Å². The molecule has 2 N–H and O–H groups in total. The van der Waals surface area contributed by atoms with Crippen LogP contribution in [0, 0.1) is 5.92 Å². The van der Waals surface area contributed by atoms with Gasteiger partial charge in [0.1, 0.15) is 0 Å². The molecular weight excluding hydrogens is 312 g/mol. The van der Waals surface area contributed by atoms with Gasteiger partial charge in [-0.3, -0.25) is 0 Å². The van der Waals surface area contributed by atoms with Crippen molar-refractivity contribution in [2.45, 2.75) is 38.8 Å². The van der Waals surface area contributed by atoms with Crippen molar-refractivity contribution < 1.29 is 5.11 Å². The number of aliphatic hydroxyl groups excluding tert-OH is 1. The second kappa shape index (κ2) is 8.61. The minimum absolute atomic E-state index is 0.187. The molecule has 5 nitrogen and oxygen atoms in total. The number of aromatic nitrogens is 2. The van der Waals surface area contributed by atoms with Crippen LogP contribution in [0.4, 0.5) is 0 Å². The number of benzene rings is 1. The molecule has 1 aliphatic heterocycles. The normalized spacial score (nSPS) is 19.0. The summed E-state index contributed by atoms with van der Waals surface area (Å²) in [4.78, 5) is 2.38. The van der Waals surface area contributed by atoms with Gasteiger partial charge < -0.3 is 15.3 Å². The lowest BCUT2D eigenvalue weighted by molar-refractivity contribution is 0.0892. The molecule has 0 saturated carbocycles. The number of nitrogens with zero attached hydrogens (tertiary/aromatic N) is 3. The topological polar surface area (TPSA) is 53.3 Å². The van der Waals surface area contributed by atoms with E-state index < -0.39 is 0 Å². The first kappa shape index (κ1) is 18.1. The van der Waals surface area contributed by atoms with Crippen molar-refractivity contribution in [2.24, 2.45) is 5.92 Å². The molecule has 0 radical (unpaired) electrons. The highest BCUT2D eigenvalue weighted by atomic mass is 16.3. The summed E-state index contributed by atoms with van der Waals surface area (Å²) in [5.41, 5.74) is 2.26. The van der Waals surface area contributed by atoms with Crippen molar-refractivity contribution in [3.63, 3.8) is 0 Å². The zero-order valence-corrected chi connectivity index (χ0v) is 15.3. The van der Waals surface area contributed by atoms with Crippen molar-refractivity contribution in [1.82, 2.24) is 20.0 Å². The van der Waals surface area contributed by atoms with Gasteiger partial charge in [-0.25, -0.2) is 4.68 Å². The van der Waals surface area contributed by atoms with E-state index in [1.165, 1.54) is 18.4 Å². The molecule has 1 aromatic heterocycles. The van der Waals surface area contributed by atoms with Gasteiger partial charge in [-0.15, -0.1) is 0 Å². The second-order valence-electron chi connectivity index (χ2n) is 7.31. The fourth-order valence-electron chi connectivity index (χ4n) is 3.40. The molecule has 0 bridgehead atoms. The summed E-state index contributed by atoms with van der Waals surface area (Å²) < 4.78 is 1.86. The molecule has 2 unspecified atom stereocenters. The maximum absolute atomic E-state index is 10.3. The van der Waals surface area contributed by atoms with Crippen LogP contribution in [0.5, 0.6) is 0 Å². The number of hydrogen-bond donors (Lipinski definition) is 2. The van der Waals surface area contributed by atoms with Gasteiger partial charge >= 0.3 is 0 Å². The number of rotatable bonds is 7. The van der Waals surface area contributed by atoms with E-state index in [4.69, 9.17) is 0 Å². The van der Waals surface area contributed by atoms with Crippen LogP contribution in [-0.2, 0) is 0 Å². The van der Waals surface area contributed by atoms with Crippen molar-refractivity contribution in [2.75, 3.05) is 26.2 Å². The van der Waals surface area contributed by atoms with E-state index >= 15 is 0 Å². The van der Waals surface area contributed by atoms with Gasteiger partial charge in [0.05, 0.1) is 11.8 Å². The van der Waals surface area contributed by atoms with Gasteiger partial charge in [0, 0.05) is 31.5 Å². The second-order valence-corrected chi connectivity index (χ2v) is 7.31. The Morgan fingerprint density at radius 2 is 2.08 bits per heavy atom. The third-order valence-electron chi connectivity index (χ3n) is 5.14. The van der Waals surface area contributed by atoms with E-state index in [2.05, 4.69) is 53.4 Å². The fourth-order valence-corrected chi connectivity index (χ4v) is 3.40. The number of piperidine rings is 1. The molecule has 3 rings (SSSR count). The molecule has 1 aromatic carbocycles. The third-order valence-corrected chi connectivity index (χ3v) is 5.14. The summed E-state index contributed by atoms with van der Waals surface area (Å²) in [5.74, 6) is 0.827. The van der Waals surface area contributed by atoms with E-state index in [0.29, 0.717) is 6.54 Å². The van der Waals surface area contributed by atoms with Crippen molar-refractivity contribution in [3.8, 4) is 5.69 Å². The molecule has 136 valence electrons. The van der Waals surface area contributed by atoms with Crippen LogP contribution in [0.25, 0.3) is 5.69 Å². The average molecular weight is 342 g/mol. The molecule has 2 heterocycles. The Kier molecular flexibility index (Phi) is 6.24. The first-order valence-electron chi connectivity index (χ1n) is 9.35. The van der Waals surface area contributed by atoms with Crippen molar-refractivity contribution >= 4 is 0 Å². The van der Waals surface area contributed by atoms with E-state index in [-0.39, 0.29) is 12.1 Å². The SMILES string of the molecule is CC1CCN(CC(O)CNC(C)c2cccc(-n3cccn3)c2)CC1. The van der Waals surface area contributed by atoms with Gasteiger partial charge in [-0.05, 0) is 62.5 Å². The van der Waals surface area contributed by atoms with Crippen LogP contribution >= 0.6 is 0 Å². The van der Waals surface area contributed by atoms with E-state index in [1.54, 1.807) is 6.20 Å². The van der Waals surface area contributed by atoms with Crippen LogP contribution in [0.1, 0.15) is 38.3 Å². The maximum Gasteiger partial charge on any atom is 0.0791 e. The summed E-state index contributed by atoms with van der Waals surface area (Å²) in [6.07, 6.45) is 5.89. The van der Waals surface area contributed by atoms with E-state index in [9.17, 15) is 5.11 Å². The number of likely N-dealkylation sites (tertiary alicyclic amines) is 1. The monoisotopic (exact) mass is 342 g/mol. The summed E-state index contributed by atoms with van der Waals surface area (Å²) in [6.45, 7) is 8.05. The Morgan fingerprint density at radius 1 is 1.28 bits per heavy atom. The highest BCUT2D eigenvalue weighted by molar-refractivity contribution is 5.36. The minimum Gasteiger partial charge on any atom is -0.390 e. The predicted molar refractivity (Wildman–Crippen MR) is 101 cm³/mol. The molecule has 0 spiro atoms. The number of hydrogen-bond acceptors (Lipinski definition) is 4. The summed E-state index contributed by atoms with van der Waals surface area (Å²) in [7, 11) is 0. The Morgan fingerprint density at radius 3 is 2.80 bits per heavy atom. The maximum atomic E-state index is 10.3.